The monoisotopic (exact) mass is 358 g/mol. The van der Waals surface area contributed by atoms with Crippen molar-refractivity contribution < 1.29 is 24.0 Å². The fourth-order valence-corrected chi connectivity index (χ4v) is 2.30. The summed E-state index contributed by atoms with van der Waals surface area (Å²) in [4.78, 5) is 36.4. The quantitative estimate of drug-likeness (QED) is 0.269. The number of carboxylic acid groups (broad SMARTS) is 1. The lowest BCUT2D eigenvalue weighted by Crippen LogP contribution is -2.49. The van der Waals surface area contributed by atoms with Crippen LogP contribution in [0.5, 0.6) is 0 Å². The average Bonchev–Trinajstić information content (AvgIpc) is 2.47. The van der Waals surface area contributed by atoms with E-state index in [9.17, 15) is 14.4 Å². The number of hydrogen-bond donors (Lipinski definition) is 4. The molecule has 0 aromatic carbocycles. The molecular formula is C16H32N5O4+. The minimum absolute atomic E-state index is 0.00700. The van der Waals surface area contributed by atoms with E-state index in [2.05, 4.69) is 5.32 Å². The van der Waals surface area contributed by atoms with Gasteiger partial charge in [0.1, 0.15) is 0 Å². The molecule has 0 bridgehead atoms. The summed E-state index contributed by atoms with van der Waals surface area (Å²) < 4.78 is 0.521. The van der Waals surface area contributed by atoms with Crippen LogP contribution in [0.1, 0.15) is 25.7 Å². The van der Waals surface area contributed by atoms with Crippen molar-refractivity contribution in [1.82, 2.24) is 10.2 Å². The Morgan fingerprint density at radius 3 is 2.36 bits per heavy atom. The zero-order valence-electron chi connectivity index (χ0n) is 15.6. The number of hydrogen-bond acceptors (Lipinski definition) is 5. The fourth-order valence-electron chi connectivity index (χ4n) is 2.30. The summed E-state index contributed by atoms with van der Waals surface area (Å²) in [5.41, 5.74) is 5.59. The summed E-state index contributed by atoms with van der Waals surface area (Å²) in [5, 5.41) is 18.7. The number of quaternary nitrogens is 1. The van der Waals surface area contributed by atoms with Crippen molar-refractivity contribution in [3.05, 3.63) is 0 Å². The largest absolute Gasteiger partial charge is 0.481 e. The number of amides is 2. The highest BCUT2D eigenvalue weighted by molar-refractivity contribution is 5.84. The van der Waals surface area contributed by atoms with Crippen LogP contribution in [0.2, 0.25) is 0 Å². The molecule has 2 amide bonds. The van der Waals surface area contributed by atoms with Gasteiger partial charge >= 0.3 is 5.97 Å². The molecule has 0 aliphatic heterocycles. The van der Waals surface area contributed by atoms with E-state index in [0.717, 1.165) is 6.21 Å². The van der Waals surface area contributed by atoms with Crippen molar-refractivity contribution in [2.45, 2.75) is 37.8 Å². The number of likely N-dealkylation sites (N-methyl/N-ethyl adjacent to an activating group) is 1. The van der Waals surface area contributed by atoms with Crippen LogP contribution in [0.15, 0.2) is 0 Å². The number of nitrogens with two attached hydrogens (primary N) is 1. The molecule has 0 aromatic rings. The molecule has 9 nitrogen and oxygen atoms in total. The summed E-state index contributed by atoms with van der Waals surface area (Å²) in [6.07, 6.45) is 1.51. The molecule has 0 aliphatic carbocycles. The van der Waals surface area contributed by atoms with Crippen LogP contribution in [0.4, 0.5) is 0 Å². The number of carbonyl (C=O) groups is 3. The van der Waals surface area contributed by atoms with E-state index >= 15 is 0 Å². The van der Waals surface area contributed by atoms with Crippen LogP contribution in [-0.4, -0.2) is 91.9 Å². The topological polar surface area (TPSA) is 137 Å². The van der Waals surface area contributed by atoms with Crippen LogP contribution >= 0.6 is 0 Å². The van der Waals surface area contributed by atoms with Gasteiger partial charge in [-0.15, -0.1) is 0 Å². The maximum Gasteiger partial charge on any atom is 0.305 e. The van der Waals surface area contributed by atoms with E-state index < -0.39 is 12.0 Å². The normalized spacial score (nSPS) is 13.6. The molecule has 0 radical (unpaired) electrons. The van der Waals surface area contributed by atoms with Gasteiger partial charge in [-0.1, -0.05) is 0 Å². The van der Waals surface area contributed by atoms with Crippen molar-refractivity contribution in [3.63, 3.8) is 0 Å². The lowest BCUT2D eigenvalue weighted by molar-refractivity contribution is -0.871. The highest BCUT2D eigenvalue weighted by Crippen LogP contribution is 2.03. The Hall–Kier alpha value is -2.00. The number of carboxylic acids is 1. The van der Waals surface area contributed by atoms with Gasteiger partial charge in [-0.05, 0) is 6.42 Å². The van der Waals surface area contributed by atoms with Crippen molar-refractivity contribution in [2.24, 2.45) is 5.73 Å². The van der Waals surface area contributed by atoms with Crippen LogP contribution in [-0.2, 0) is 14.4 Å². The molecular weight excluding hydrogens is 326 g/mol. The number of aliphatic carboxylic acids is 1. The Labute approximate surface area is 149 Å². The van der Waals surface area contributed by atoms with E-state index in [0.29, 0.717) is 24.0 Å². The smallest absolute Gasteiger partial charge is 0.305 e. The van der Waals surface area contributed by atoms with Gasteiger partial charge in [0, 0.05) is 38.7 Å². The molecule has 0 rings (SSSR count). The zero-order valence-corrected chi connectivity index (χ0v) is 15.6. The second-order valence-corrected chi connectivity index (χ2v) is 7.27. The maximum absolute atomic E-state index is 12.0. The van der Waals surface area contributed by atoms with Gasteiger partial charge in [-0.25, -0.2) is 0 Å². The van der Waals surface area contributed by atoms with E-state index in [1.807, 2.05) is 21.1 Å². The number of nitrogens with zero attached hydrogens (tertiary/aromatic N) is 2. The highest BCUT2D eigenvalue weighted by atomic mass is 16.4. The summed E-state index contributed by atoms with van der Waals surface area (Å²) >= 11 is 0. The van der Waals surface area contributed by atoms with E-state index in [1.54, 1.807) is 7.05 Å². The number of rotatable bonds is 12. The summed E-state index contributed by atoms with van der Waals surface area (Å²) in [6, 6.07) is -0.866. The first kappa shape index (κ1) is 23.0. The molecule has 9 heteroatoms. The summed E-state index contributed by atoms with van der Waals surface area (Å²) in [6.45, 7) is 0.896. The molecule has 0 spiro atoms. The lowest BCUT2D eigenvalue weighted by atomic mass is 10.1. The van der Waals surface area contributed by atoms with Gasteiger partial charge in [-0.3, -0.25) is 14.4 Å². The Kier molecular flexibility index (Phi) is 9.92. The van der Waals surface area contributed by atoms with Gasteiger partial charge in [-0.2, -0.15) is 0 Å². The molecule has 25 heavy (non-hydrogen) atoms. The van der Waals surface area contributed by atoms with Crippen LogP contribution in [0.3, 0.4) is 0 Å². The third-order valence-corrected chi connectivity index (χ3v) is 3.56. The third-order valence-electron chi connectivity index (χ3n) is 3.56. The molecule has 144 valence electrons. The Bertz CT molecular complexity index is 476. The van der Waals surface area contributed by atoms with Gasteiger partial charge in [0.2, 0.25) is 11.8 Å². The third kappa shape index (κ3) is 12.1. The molecule has 0 saturated heterocycles. The lowest BCUT2D eigenvalue weighted by Gasteiger charge is -2.29. The first-order chi connectivity index (χ1) is 11.4. The summed E-state index contributed by atoms with van der Waals surface area (Å²) in [7, 11) is 7.37. The standard InChI is InChI=1S/C16H31N5O4/c1-20(8-7-12(18)10-17)15(23)6-5-14(22)19-13(9-16(24)25)11-21(2,3)4/h10,12-13,17H,5-9,11,18H2,1-4H3,(H-,19,22,24,25)/p+1. The van der Waals surface area contributed by atoms with Gasteiger partial charge < -0.3 is 30.9 Å². The Morgan fingerprint density at radius 1 is 1.28 bits per heavy atom. The van der Waals surface area contributed by atoms with Gasteiger partial charge in [0.15, 0.2) is 0 Å². The molecule has 2 atom stereocenters. The Balaban J connectivity index is 4.38. The minimum Gasteiger partial charge on any atom is -0.481 e. The number of carbonyl (C=O) groups excluding carboxylic acids is 2. The molecule has 0 fully saturated rings. The SMILES string of the molecule is CN(CCC(N)C=N)C(=O)CCC(=O)NC(CC(=O)O)C[N+](C)(C)C. The molecule has 0 saturated carbocycles. The molecule has 5 N–H and O–H groups in total. The second-order valence-electron chi connectivity index (χ2n) is 7.27. The van der Waals surface area contributed by atoms with Crippen molar-refractivity contribution in [1.29, 1.82) is 5.41 Å². The molecule has 0 heterocycles. The first-order valence-electron chi connectivity index (χ1n) is 8.26. The minimum atomic E-state index is -0.975. The molecule has 0 aromatic heterocycles. The van der Waals surface area contributed by atoms with Crippen molar-refractivity contribution in [3.8, 4) is 0 Å². The fraction of sp³-hybridized carbons (Fsp3) is 0.750. The second kappa shape index (κ2) is 10.8. The zero-order chi connectivity index (χ0) is 19.6. The first-order valence-corrected chi connectivity index (χ1v) is 8.26. The predicted octanol–water partition coefficient (Wildman–Crippen LogP) is -0.742. The van der Waals surface area contributed by atoms with Crippen molar-refractivity contribution >= 4 is 24.0 Å². The van der Waals surface area contributed by atoms with Crippen LogP contribution in [0.25, 0.3) is 0 Å². The van der Waals surface area contributed by atoms with Crippen LogP contribution in [0, 0.1) is 5.41 Å². The highest BCUT2D eigenvalue weighted by Gasteiger charge is 2.23. The summed E-state index contributed by atoms with van der Waals surface area (Å²) in [5.74, 6) is -1.50. The number of nitrogens with one attached hydrogen (secondary N) is 2. The average molecular weight is 358 g/mol. The Morgan fingerprint density at radius 2 is 1.88 bits per heavy atom. The molecule has 0 aliphatic rings. The van der Waals surface area contributed by atoms with Crippen molar-refractivity contribution in [2.75, 3.05) is 41.3 Å². The van der Waals surface area contributed by atoms with Gasteiger partial charge in [0.25, 0.3) is 0 Å². The maximum atomic E-state index is 12.0. The predicted molar refractivity (Wildman–Crippen MR) is 95.3 cm³/mol. The molecule has 2 unspecified atom stereocenters. The van der Waals surface area contributed by atoms with E-state index in [4.69, 9.17) is 16.2 Å². The van der Waals surface area contributed by atoms with Gasteiger partial charge in [0.05, 0.1) is 40.2 Å². The van der Waals surface area contributed by atoms with Crippen LogP contribution < -0.4 is 11.1 Å². The van der Waals surface area contributed by atoms with E-state index in [1.165, 1.54) is 4.90 Å². The van der Waals surface area contributed by atoms with E-state index in [-0.39, 0.29) is 37.1 Å².